The van der Waals surface area contributed by atoms with Gasteiger partial charge in [0.2, 0.25) is 0 Å². The minimum Gasteiger partial charge on any atom is -0.497 e. The second kappa shape index (κ2) is 7.36. The maximum Gasteiger partial charge on any atom is 0.253 e. The first-order valence-electron chi connectivity index (χ1n) is 8.11. The lowest BCUT2D eigenvalue weighted by Crippen LogP contribution is -2.31. The number of carbonyl (C=O) groups excluding carboxylic acids is 1. The zero-order valence-corrected chi connectivity index (χ0v) is 14.3. The van der Waals surface area contributed by atoms with Crippen LogP contribution in [0.4, 0.5) is 0 Å². The Kier molecular flexibility index (Phi) is 5.00. The van der Waals surface area contributed by atoms with Gasteiger partial charge in [-0.15, -0.1) is 0 Å². The molecule has 2 N–H and O–H groups in total. The highest BCUT2D eigenvalue weighted by atomic mass is 16.5. The number of methoxy groups -OCH3 is 1. The van der Waals surface area contributed by atoms with Crippen LogP contribution in [0, 0.1) is 6.92 Å². The van der Waals surface area contributed by atoms with Gasteiger partial charge in [-0.3, -0.25) is 4.79 Å². The topological polar surface area (TPSA) is 75.9 Å². The van der Waals surface area contributed by atoms with E-state index in [1.165, 1.54) is 0 Å². The molecule has 0 fully saturated rings. The van der Waals surface area contributed by atoms with E-state index in [-0.39, 0.29) is 0 Å². The van der Waals surface area contributed by atoms with E-state index in [9.17, 15) is 9.90 Å². The van der Waals surface area contributed by atoms with Gasteiger partial charge in [-0.1, -0.05) is 18.2 Å². The van der Waals surface area contributed by atoms with Gasteiger partial charge < -0.3 is 19.6 Å². The van der Waals surface area contributed by atoms with Gasteiger partial charge in [-0.2, -0.15) is 0 Å². The largest absolute Gasteiger partial charge is 0.497 e. The molecule has 25 heavy (non-hydrogen) atoms. The van der Waals surface area contributed by atoms with E-state index in [4.69, 9.17) is 4.74 Å². The molecule has 0 saturated heterocycles. The molecule has 3 rings (SSSR count). The van der Waals surface area contributed by atoms with Crippen molar-refractivity contribution in [1.29, 1.82) is 0 Å². The Labute approximate surface area is 146 Å². The van der Waals surface area contributed by atoms with Crippen LogP contribution in [0.3, 0.4) is 0 Å². The number of hydrogen-bond donors (Lipinski definition) is 2. The fraction of sp³-hybridized carbons (Fsp3) is 0.263. The van der Waals surface area contributed by atoms with Crippen molar-refractivity contribution in [3.8, 4) is 5.75 Å². The molecular weight excluding hydrogens is 318 g/mol. The summed E-state index contributed by atoms with van der Waals surface area (Å²) in [5.41, 5.74) is 3.41. The first kappa shape index (κ1) is 17.0. The number of aliphatic hydroxyl groups excluding tert-OH is 1. The minimum absolute atomic E-state index is 0.406. The number of aliphatic hydroxyl groups is 1. The normalized spacial score (nSPS) is 12.1. The summed E-state index contributed by atoms with van der Waals surface area (Å²) >= 11 is 0. The van der Waals surface area contributed by atoms with Crippen LogP contribution in [0.15, 0.2) is 48.8 Å². The molecule has 0 bridgehead atoms. The van der Waals surface area contributed by atoms with E-state index in [1.807, 2.05) is 35.9 Å². The first-order valence-corrected chi connectivity index (χ1v) is 8.11. The van der Waals surface area contributed by atoms with Crippen molar-refractivity contribution in [3.05, 3.63) is 65.6 Å². The Balaban J connectivity index is 1.58. The monoisotopic (exact) mass is 339 g/mol. The van der Waals surface area contributed by atoms with E-state index in [0.29, 0.717) is 24.3 Å². The molecule has 0 aliphatic carbocycles. The zero-order valence-electron chi connectivity index (χ0n) is 14.3. The number of rotatable bonds is 6. The molecule has 0 aliphatic heterocycles. The van der Waals surface area contributed by atoms with Gasteiger partial charge in [-0.05, 0) is 36.2 Å². The smallest absolute Gasteiger partial charge is 0.253 e. The maximum absolute atomic E-state index is 12.1. The summed E-state index contributed by atoms with van der Waals surface area (Å²) in [6.45, 7) is 2.42. The van der Waals surface area contributed by atoms with E-state index in [0.717, 1.165) is 16.9 Å². The molecule has 0 radical (unpaired) electrons. The number of fused-ring (bicyclic) bond motifs is 1. The predicted molar refractivity (Wildman–Crippen MR) is 94.6 cm³/mol. The molecule has 0 unspecified atom stereocenters. The summed E-state index contributed by atoms with van der Waals surface area (Å²) in [6, 6.07) is 10.8. The maximum atomic E-state index is 12.1. The lowest BCUT2D eigenvalue weighted by molar-refractivity contribution is -0.129. The summed E-state index contributed by atoms with van der Waals surface area (Å²) in [7, 11) is 1.54. The highest BCUT2D eigenvalue weighted by Crippen LogP contribution is 2.19. The van der Waals surface area contributed by atoms with Crippen molar-refractivity contribution in [2.45, 2.75) is 19.4 Å². The number of nitrogens with zero attached hydrogens (tertiary/aromatic N) is 2. The summed E-state index contributed by atoms with van der Waals surface area (Å²) in [5.74, 6) is 0.164. The molecule has 0 spiro atoms. The number of nitrogens with one attached hydrogen (secondary N) is 1. The summed E-state index contributed by atoms with van der Waals surface area (Å²) in [5, 5.41) is 12.9. The van der Waals surface area contributed by atoms with Crippen LogP contribution in [-0.4, -0.2) is 34.1 Å². The summed E-state index contributed by atoms with van der Waals surface area (Å²) in [4.78, 5) is 16.7. The van der Waals surface area contributed by atoms with E-state index < -0.39 is 12.0 Å². The van der Waals surface area contributed by atoms with Gasteiger partial charge in [0.05, 0.1) is 12.8 Å². The molecule has 6 heteroatoms. The average molecular weight is 339 g/mol. The molecule has 130 valence electrons. The molecule has 1 amide bonds. The Morgan fingerprint density at radius 2 is 2.20 bits per heavy atom. The van der Waals surface area contributed by atoms with E-state index in [1.54, 1.807) is 31.4 Å². The second-order valence-electron chi connectivity index (χ2n) is 5.87. The molecule has 1 atom stereocenters. The summed E-state index contributed by atoms with van der Waals surface area (Å²) in [6.07, 6.45) is 3.27. The van der Waals surface area contributed by atoms with Crippen molar-refractivity contribution in [2.24, 2.45) is 0 Å². The first-order chi connectivity index (χ1) is 12.1. The third-order valence-electron chi connectivity index (χ3n) is 4.07. The van der Waals surface area contributed by atoms with Gasteiger partial charge in [0.1, 0.15) is 11.4 Å². The molecule has 2 aromatic heterocycles. The SMILES string of the molecule is COc1cccc([C@H](O)C(=O)NCCc2cn3cccc(C)c3n2)c1. The second-order valence-corrected chi connectivity index (χ2v) is 5.87. The van der Waals surface area contributed by atoms with Gasteiger partial charge in [-0.25, -0.2) is 4.98 Å². The highest BCUT2D eigenvalue weighted by Gasteiger charge is 2.17. The van der Waals surface area contributed by atoms with Crippen molar-refractivity contribution in [3.63, 3.8) is 0 Å². The number of aromatic nitrogens is 2. The van der Waals surface area contributed by atoms with E-state index >= 15 is 0 Å². The molecular formula is C19H21N3O3. The molecule has 2 heterocycles. The number of hydrogen-bond acceptors (Lipinski definition) is 4. The van der Waals surface area contributed by atoms with Gasteiger partial charge in [0, 0.05) is 25.4 Å². The van der Waals surface area contributed by atoms with Crippen molar-refractivity contribution in [2.75, 3.05) is 13.7 Å². The van der Waals surface area contributed by atoms with Crippen LogP contribution >= 0.6 is 0 Å². The van der Waals surface area contributed by atoms with Gasteiger partial charge in [0.25, 0.3) is 5.91 Å². The average Bonchev–Trinajstić information content (AvgIpc) is 3.05. The van der Waals surface area contributed by atoms with Gasteiger partial charge >= 0.3 is 0 Å². The van der Waals surface area contributed by atoms with E-state index in [2.05, 4.69) is 10.3 Å². The Hall–Kier alpha value is -2.86. The predicted octanol–water partition coefficient (Wildman–Crippen LogP) is 2.04. The van der Waals surface area contributed by atoms with Crippen LogP contribution in [0.2, 0.25) is 0 Å². The number of aryl methyl sites for hydroxylation is 1. The van der Waals surface area contributed by atoms with Gasteiger partial charge in [0.15, 0.2) is 6.10 Å². The molecule has 0 aliphatic rings. The zero-order chi connectivity index (χ0) is 17.8. The third kappa shape index (κ3) is 3.80. The number of pyridine rings is 1. The Bertz CT molecular complexity index is 889. The number of ether oxygens (including phenoxy) is 1. The van der Waals surface area contributed by atoms with Crippen molar-refractivity contribution >= 4 is 11.6 Å². The minimum atomic E-state index is -1.22. The number of benzene rings is 1. The highest BCUT2D eigenvalue weighted by molar-refractivity contribution is 5.82. The summed E-state index contributed by atoms with van der Waals surface area (Å²) < 4.78 is 7.08. The molecule has 3 aromatic rings. The Morgan fingerprint density at radius 3 is 2.96 bits per heavy atom. The van der Waals surface area contributed by atoms with Crippen LogP contribution in [0.5, 0.6) is 5.75 Å². The number of amides is 1. The standard InChI is InChI=1S/C19H21N3O3/c1-13-5-4-10-22-12-15(21-18(13)22)8-9-20-19(24)17(23)14-6-3-7-16(11-14)25-2/h3-7,10-12,17,23H,8-9H2,1-2H3,(H,20,24)/t17-/m0/s1. The molecule has 6 nitrogen and oxygen atoms in total. The number of carbonyl (C=O) groups is 1. The number of imidazole rings is 1. The van der Waals surface area contributed by atoms with Crippen LogP contribution < -0.4 is 10.1 Å². The third-order valence-corrected chi connectivity index (χ3v) is 4.07. The fourth-order valence-corrected chi connectivity index (χ4v) is 2.70. The molecule has 0 saturated carbocycles. The Morgan fingerprint density at radius 1 is 1.36 bits per heavy atom. The van der Waals surface area contributed by atoms with Crippen LogP contribution in [-0.2, 0) is 11.2 Å². The van der Waals surface area contributed by atoms with Crippen LogP contribution in [0.25, 0.3) is 5.65 Å². The molecule has 1 aromatic carbocycles. The lowest BCUT2D eigenvalue weighted by atomic mass is 10.1. The fourth-order valence-electron chi connectivity index (χ4n) is 2.70. The van der Waals surface area contributed by atoms with Crippen LogP contribution in [0.1, 0.15) is 22.9 Å². The quantitative estimate of drug-likeness (QED) is 0.721. The lowest BCUT2D eigenvalue weighted by Gasteiger charge is -2.12. The van der Waals surface area contributed by atoms with Crippen molar-refractivity contribution < 1.29 is 14.6 Å². The van der Waals surface area contributed by atoms with Crippen molar-refractivity contribution in [1.82, 2.24) is 14.7 Å².